The molecule has 1 saturated heterocycles. The van der Waals surface area contributed by atoms with E-state index < -0.39 is 0 Å². The highest BCUT2D eigenvalue weighted by molar-refractivity contribution is 5.80. The number of aryl methyl sites for hydroxylation is 1. The summed E-state index contributed by atoms with van der Waals surface area (Å²) in [7, 11) is 0. The molecule has 2 atom stereocenters. The standard InChI is InChI=1S/C14H20N2O/c1-9(2)6-13-11(7-14(17)16-13)12-8-15-5-4-10(12)3/h4-5,8-9,11,13H,6-7H2,1-3H3,(H,16,17). The Morgan fingerprint density at radius 3 is 2.94 bits per heavy atom. The van der Waals surface area contributed by atoms with Crippen molar-refractivity contribution in [3.8, 4) is 0 Å². The topological polar surface area (TPSA) is 42.0 Å². The summed E-state index contributed by atoms with van der Waals surface area (Å²) in [6.45, 7) is 6.47. The molecular weight excluding hydrogens is 212 g/mol. The Morgan fingerprint density at radius 1 is 1.53 bits per heavy atom. The number of nitrogens with one attached hydrogen (secondary N) is 1. The van der Waals surface area contributed by atoms with E-state index in [-0.39, 0.29) is 11.9 Å². The molecule has 0 aliphatic carbocycles. The summed E-state index contributed by atoms with van der Waals surface area (Å²) < 4.78 is 0. The fourth-order valence-electron chi connectivity index (χ4n) is 2.63. The van der Waals surface area contributed by atoms with Crippen LogP contribution < -0.4 is 5.32 Å². The normalized spacial score (nSPS) is 24.1. The summed E-state index contributed by atoms with van der Waals surface area (Å²) in [5.74, 6) is 1.06. The van der Waals surface area contributed by atoms with Crippen molar-refractivity contribution in [2.75, 3.05) is 0 Å². The zero-order chi connectivity index (χ0) is 12.4. The number of pyridine rings is 1. The summed E-state index contributed by atoms with van der Waals surface area (Å²) >= 11 is 0. The van der Waals surface area contributed by atoms with Gasteiger partial charge in [0.15, 0.2) is 0 Å². The molecule has 1 fully saturated rings. The van der Waals surface area contributed by atoms with Gasteiger partial charge < -0.3 is 5.32 Å². The number of rotatable bonds is 3. The number of hydrogen-bond donors (Lipinski definition) is 1. The molecule has 3 nitrogen and oxygen atoms in total. The third-order valence-corrected chi connectivity index (χ3v) is 3.44. The first kappa shape index (κ1) is 12.1. The lowest BCUT2D eigenvalue weighted by Gasteiger charge is -2.22. The van der Waals surface area contributed by atoms with Crippen LogP contribution in [0.3, 0.4) is 0 Å². The molecule has 1 amide bonds. The number of hydrogen-bond acceptors (Lipinski definition) is 2. The Labute approximate surface area is 103 Å². The second-order valence-corrected chi connectivity index (χ2v) is 5.35. The zero-order valence-corrected chi connectivity index (χ0v) is 10.7. The van der Waals surface area contributed by atoms with Crippen molar-refractivity contribution in [1.82, 2.24) is 10.3 Å². The highest BCUT2D eigenvalue weighted by Gasteiger charge is 2.34. The minimum atomic E-state index is 0.170. The molecule has 2 heterocycles. The van der Waals surface area contributed by atoms with E-state index in [1.165, 1.54) is 11.1 Å². The lowest BCUT2D eigenvalue weighted by molar-refractivity contribution is -0.119. The van der Waals surface area contributed by atoms with Gasteiger partial charge in [-0.1, -0.05) is 13.8 Å². The lowest BCUT2D eigenvalue weighted by atomic mass is 9.86. The summed E-state index contributed by atoms with van der Waals surface area (Å²) in [5.41, 5.74) is 2.45. The third-order valence-electron chi connectivity index (χ3n) is 3.44. The van der Waals surface area contributed by atoms with Gasteiger partial charge in [-0.05, 0) is 36.5 Å². The van der Waals surface area contributed by atoms with E-state index >= 15 is 0 Å². The Morgan fingerprint density at radius 2 is 2.29 bits per heavy atom. The van der Waals surface area contributed by atoms with E-state index in [0.29, 0.717) is 18.3 Å². The fraction of sp³-hybridized carbons (Fsp3) is 0.571. The Balaban J connectivity index is 2.24. The molecular formula is C14H20N2O. The van der Waals surface area contributed by atoms with Gasteiger partial charge in [-0.15, -0.1) is 0 Å². The van der Waals surface area contributed by atoms with Crippen LogP contribution in [0, 0.1) is 12.8 Å². The van der Waals surface area contributed by atoms with Crippen LogP contribution >= 0.6 is 0 Å². The maximum atomic E-state index is 11.6. The Kier molecular flexibility index (Phi) is 3.46. The van der Waals surface area contributed by atoms with E-state index in [2.05, 4.69) is 31.1 Å². The van der Waals surface area contributed by atoms with E-state index in [9.17, 15) is 4.79 Å². The highest BCUT2D eigenvalue weighted by atomic mass is 16.2. The fourth-order valence-corrected chi connectivity index (χ4v) is 2.63. The molecule has 17 heavy (non-hydrogen) atoms. The van der Waals surface area contributed by atoms with Crippen LogP contribution in [-0.4, -0.2) is 16.9 Å². The molecule has 0 radical (unpaired) electrons. The van der Waals surface area contributed by atoms with Crippen molar-refractivity contribution in [3.63, 3.8) is 0 Å². The predicted molar refractivity (Wildman–Crippen MR) is 67.7 cm³/mol. The number of aromatic nitrogens is 1. The molecule has 1 N–H and O–H groups in total. The molecule has 3 heteroatoms. The lowest BCUT2D eigenvalue weighted by Crippen LogP contribution is -2.29. The predicted octanol–water partition coefficient (Wildman–Crippen LogP) is 2.41. The third kappa shape index (κ3) is 2.65. The van der Waals surface area contributed by atoms with Crippen molar-refractivity contribution >= 4 is 5.91 Å². The summed E-state index contributed by atoms with van der Waals surface area (Å²) in [5, 5.41) is 3.09. The van der Waals surface area contributed by atoms with Gasteiger partial charge in [-0.25, -0.2) is 0 Å². The number of carbonyl (C=O) groups excluding carboxylic acids is 1. The van der Waals surface area contributed by atoms with Crippen molar-refractivity contribution in [2.24, 2.45) is 5.92 Å². The quantitative estimate of drug-likeness (QED) is 0.869. The molecule has 2 unspecified atom stereocenters. The van der Waals surface area contributed by atoms with Crippen molar-refractivity contribution in [3.05, 3.63) is 29.6 Å². The average molecular weight is 232 g/mol. The molecule has 0 aromatic carbocycles. The van der Waals surface area contributed by atoms with Crippen molar-refractivity contribution in [2.45, 2.75) is 45.6 Å². The van der Waals surface area contributed by atoms with Gasteiger partial charge in [0, 0.05) is 30.8 Å². The first-order valence-corrected chi connectivity index (χ1v) is 6.27. The zero-order valence-electron chi connectivity index (χ0n) is 10.7. The number of amides is 1. The number of nitrogens with zero attached hydrogens (tertiary/aromatic N) is 1. The van der Waals surface area contributed by atoms with Gasteiger partial charge in [0.2, 0.25) is 5.91 Å². The molecule has 0 saturated carbocycles. The SMILES string of the molecule is Cc1ccncc1C1CC(=O)NC1CC(C)C. The second-order valence-electron chi connectivity index (χ2n) is 5.35. The molecule has 1 aliphatic rings. The first-order chi connectivity index (χ1) is 8.08. The average Bonchev–Trinajstić information content (AvgIpc) is 2.59. The molecule has 1 aliphatic heterocycles. The van der Waals surface area contributed by atoms with Crippen LogP contribution in [0.4, 0.5) is 0 Å². The van der Waals surface area contributed by atoms with Crippen LogP contribution in [0.15, 0.2) is 18.5 Å². The molecule has 2 rings (SSSR count). The van der Waals surface area contributed by atoms with Crippen LogP contribution in [0.25, 0.3) is 0 Å². The van der Waals surface area contributed by atoms with E-state index in [4.69, 9.17) is 0 Å². The molecule has 0 bridgehead atoms. The smallest absolute Gasteiger partial charge is 0.220 e. The van der Waals surface area contributed by atoms with Gasteiger partial charge in [0.1, 0.15) is 0 Å². The Hall–Kier alpha value is -1.38. The van der Waals surface area contributed by atoms with Gasteiger partial charge in [-0.2, -0.15) is 0 Å². The van der Waals surface area contributed by atoms with E-state index in [1.807, 2.05) is 12.3 Å². The highest BCUT2D eigenvalue weighted by Crippen LogP contribution is 2.32. The van der Waals surface area contributed by atoms with Crippen LogP contribution in [0.1, 0.15) is 43.7 Å². The second kappa shape index (κ2) is 4.86. The minimum absolute atomic E-state index is 0.170. The Bertz CT molecular complexity index is 414. The van der Waals surface area contributed by atoms with Crippen molar-refractivity contribution < 1.29 is 4.79 Å². The maximum absolute atomic E-state index is 11.6. The van der Waals surface area contributed by atoms with Crippen molar-refractivity contribution in [1.29, 1.82) is 0 Å². The van der Waals surface area contributed by atoms with Gasteiger partial charge in [-0.3, -0.25) is 9.78 Å². The summed E-state index contributed by atoms with van der Waals surface area (Å²) in [6.07, 6.45) is 5.35. The summed E-state index contributed by atoms with van der Waals surface area (Å²) in [6, 6.07) is 2.29. The van der Waals surface area contributed by atoms with Crippen LogP contribution in [0.5, 0.6) is 0 Å². The van der Waals surface area contributed by atoms with Gasteiger partial charge >= 0.3 is 0 Å². The molecule has 92 valence electrons. The first-order valence-electron chi connectivity index (χ1n) is 6.27. The molecule has 1 aromatic rings. The number of carbonyl (C=O) groups is 1. The minimum Gasteiger partial charge on any atom is -0.353 e. The van der Waals surface area contributed by atoms with Gasteiger partial charge in [0.05, 0.1) is 0 Å². The molecule has 0 spiro atoms. The molecule has 1 aromatic heterocycles. The van der Waals surface area contributed by atoms with E-state index in [0.717, 1.165) is 6.42 Å². The summed E-state index contributed by atoms with van der Waals surface area (Å²) in [4.78, 5) is 15.8. The van der Waals surface area contributed by atoms with E-state index in [1.54, 1.807) is 6.20 Å². The maximum Gasteiger partial charge on any atom is 0.220 e. The monoisotopic (exact) mass is 232 g/mol. The van der Waals surface area contributed by atoms with Gasteiger partial charge in [0.25, 0.3) is 0 Å². The van der Waals surface area contributed by atoms with Crippen LogP contribution in [-0.2, 0) is 4.79 Å². The largest absolute Gasteiger partial charge is 0.353 e. The van der Waals surface area contributed by atoms with Crippen LogP contribution in [0.2, 0.25) is 0 Å².